The van der Waals surface area contributed by atoms with E-state index in [1.54, 1.807) is 31.1 Å². The summed E-state index contributed by atoms with van der Waals surface area (Å²) < 4.78 is 0. The Morgan fingerprint density at radius 3 is 2.19 bits per heavy atom. The molecule has 0 bridgehead atoms. The second-order valence-electron chi connectivity index (χ2n) is 5.46. The fourth-order valence-electron chi connectivity index (χ4n) is 2.50. The summed E-state index contributed by atoms with van der Waals surface area (Å²) in [4.78, 5) is 13.8. The standard InChI is InChI=1S/C18H21NO2/c1-13-8-4-5-9-14(13)16(12-18(21)19(2)3)15-10-6-7-11-17(15)20/h4-11,16,20H,12H2,1-3H3. The van der Waals surface area contributed by atoms with Gasteiger partial charge >= 0.3 is 0 Å². The van der Waals surface area contributed by atoms with Crippen LogP contribution in [0.1, 0.15) is 29.0 Å². The minimum Gasteiger partial charge on any atom is -0.508 e. The molecule has 0 saturated heterocycles. The fraction of sp³-hybridized carbons (Fsp3) is 0.278. The maximum Gasteiger partial charge on any atom is 0.223 e. The summed E-state index contributed by atoms with van der Waals surface area (Å²) >= 11 is 0. The predicted molar refractivity (Wildman–Crippen MR) is 84.4 cm³/mol. The molecule has 0 aromatic heterocycles. The summed E-state index contributed by atoms with van der Waals surface area (Å²) in [5.74, 6) is 0.145. The van der Waals surface area contributed by atoms with Gasteiger partial charge in [-0.25, -0.2) is 0 Å². The van der Waals surface area contributed by atoms with E-state index in [9.17, 15) is 9.90 Å². The number of aryl methyl sites for hydroxylation is 1. The van der Waals surface area contributed by atoms with Crippen LogP contribution in [0.5, 0.6) is 5.75 Å². The van der Waals surface area contributed by atoms with Crippen molar-refractivity contribution >= 4 is 5.91 Å². The molecule has 0 radical (unpaired) electrons. The molecule has 1 amide bonds. The van der Waals surface area contributed by atoms with Crippen LogP contribution in [0.2, 0.25) is 0 Å². The lowest BCUT2D eigenvalue weighted by Crippen LogP contribution is -2.24. The van der Waals surface area contributed by atoms with E-state index in [4.69, 9.17) is 0 Å². The van der Waals surface area contributed by atoms with Crippen molar-refractivity contribution in [3.63, 3.8) is 0 Å². The fourth-order valence-corrected chi connectivity index (χ4v) is 2.50. The molecule has 0 aliphatic heterocycles. The molecule has 1 atom stereocenters. The van der Waals surface area contributed by atoms with Crippen LogP contribution >= 0.6 is 0 Å². The first kappa shape index (κ1) is 15.1. The Labute approximate surface area is 125 Å². The Morgan fingerprint density at radius 2 is 1.62 bits per heavy atom. The number of hydrogen-bond acceptors (Lipinski definition) is 2. The van der Waals surface area contributed by atoms with Crippen molar-refractivity contribution in [2.45, 2.75) is 19.3 Å². The molecule has 0 spiro atoms. The number of phenols is 1. The zero-order chi connectivity index (χ0) is 15.4. The largest absolute Gasteiger partial charge is 0.508 e. The van der Waals surface area contributed by atoms with Gasteiger partial charge in [-0.3, -0.25) is 4.79 Å². The summed E-state index contributed by atoms with van der Waals surface area (Å²) in [6.45, 7) is 2.03. The van der Waals surface area contributed by atoms with Crippen molar-refractivity contribution in [2.75, 3.05) is 14.1 Å². The Morgan fingerprint density at radius 1 is 1.05 bits per heavy atom. The van der Waals surface area contributed by atoms with Gasteiger partial charge in [0.2, 0.25) is 5.91 Å². The number of carbonyl (C=O) groups excluding carboxylic acids is 1. The molecular weight excluding hydrogens is 262 g/mol. The Balaban J connectivity index is 2.48. The van der Waals surface area contributed by atoms with Crippen LogP contribution in [0, 0.1) is 6.92 Å². The number of nitrogens with zero attached hydrogens (tertiary/aromatic N) is 1. The average molecular weight is 283 g/mol. The van der Waals surface area contributed by atoms with Crippen LogP contribution in [0.15, 0.2) is 48.5 Å². The number of para-hydroxylation sites is 1. The van der Waals surface area contributed by atoms with Crippen molar-refractivity contribution in [1.29, 1.82) is 0 Å². The van der Waals surface area contributed by atoms with E-state index in [0.29, 0.717) is 6.42 Å². The molecule has 21 heavy (non-hydrogen) atoms. The maximum absolute atomic E-state index is 12.2. The van der Waals surface area contributed by atoms with Gasteiger partial charge < -0.3 is 10.0 Å². The number of carbonyl (C=O) groups is 1. The summed E-state index contributed by atoms with van der Waals surface area (Å²) in [5, 5.41) is 10.2. The first-order chi connectivity index (χ1) is 10.0. The summed E-state index contributed by atoms with van der Waals surface area (Å²) in [7, 11) is 3.50. The van der Waals surface area contributed by atoms with E-state index in [1.165, 1.54) is 0 Å². The second-order valence-corrected chi connectivity index (χ2v) is 5.46. The van der Waals surface area contributed by atoms with Crippen molar-refractivity contribution in [3.8, 4) is 5.75 Å². The highest BCUT2D eigenvalue weighted by atomic mass is 16.3. The quantitative estimate of drug-likeness (QED) is 0.935. The summed E-state index contributed by atoms with van der Waals surface area (Å²) in [6, 6.07) is 15.2. The van der Waals surface area contributed by atoms with Crippen molar-refractivity contribution in [3.05, 3.63) is 65.2 Å². The zero-order valence-electron chi connectivity index (χ0n) is 12.7. The predicted octanol–water partition coefficient (Wildman–Crippen LogP) is 3.31. The minimum absolute atomic E-state index is 0.0477. The number of benzene rings is 2. The van der Waals surface area contributed by atoms with Gasteiger partial charge in [-0.2, -0.15) is 0 Å². The Hall–Kier alpha value is -2.29. The van der Waals surface area contributed by atoms with E-state index in [1.807, 2.05) is 43.3 Å². The lowest BCUT2D eigenvalue weighted by Gasteiger charge is -2.22. The molecule has 1 unspecified atom stereocenters. The van der Waals surface area contributed by atoms with Gasteiger partial charge in [-0.05, 0) is 24.1 Å². The van der Waals surface area contributed by atoms with Crippen molar-refractivity contribution in [2.24, 2.45) is 0 Å². The van der Waals surface area contributed by atoms with Crippen LogP contribution < -0.4 is 0 Å². The monoisotopic (exact) mass is 283 g/mol. The van der Waals surface area contributed by atoms with E-state index >= 15 is 0 Å². The van der Waals surface area contributed by atoms with Crippen LogP contribution in [-0.4, -0.2) is 30.0 Å². The van der Waals surface area contributed by atoms with Crippen LogP contribution in [-0.2, 0) is 4.79 Å². The van der Waals surface area contributed by atoms with Gasteiger partial charge in [-0.1, -0.05) is 42.5 Å². The van der Waals surface area contributed by atoms with Crippen molar-refractivity contribution in [1.82, 2.24) is 4.90 Å². The van der Waals surface area contributed by atoms with Gasteiger partial charge in [0.15, 0.2) is 0 Å². The van der Waals surface area contributed by atoms with Gasteiger partial charge in [0, 0.05) is 32.0 Å². The smallest absolute Gasteiger partial charge is 0.223 e. The van der Waals surface area contributed by atoms with Gasteiger partial charge in [-0.15, -0.1) is 0 Å². The number of aromatic hydroxyl groups is 1. The van der Waals surface area contributed by atoms with Crippen molar-refractivity contribution < 1.29 is 9.90 Å². The van der Waals surface area contributed by atoms with E-state index in [2.05, 4.69) is 0 Å². The Bertz CT molecular complexity index is 589. The molecular formula is C18H21NO2. The molecule has 1 N–H and O–H groups in total. The highest BCUT2D eigenvalue weighted by Crippen LogP contribution is 2.35. The van der Waals surface area contributed by atoms with E-state index in [-0.39, 0.29) is 17.6 Å². The zero-order valence-corrected chi connectivity index (χ0v) is 12.7. The molecule has 2 aromatic rings. The lowest BCUT2D eigenvalue weighted by molar-refractivity contribution is -0.128. The molecule has 0 aliphatic carbocycles. The van der Waals surface area contributed by atoms with Gasteiger partial charge in [0.25, 0.3) is 0 Å². The summed E-state index contributed by atoms with van der Waals surface area (Å²) in [5.41, 5.74) is 2.99. The van der Waals surface area contributed by atoms with Crippen LogP contribution in [0.3, 0.4) is 0 Å². The SMILES string of the molecule is Cc1ccccc1C(CC(=O)N(C)C)c1ccccc1O. The van der Waals surface area contributed by atoms with Gasteiger partial charge in [0.05, 0.1) is 0 Å². The Kier molecular flexibility index (Phi) is 4.63. The molecule has 2 rings (SSSR count). The minimum atomic E-state index is -0.137. The molecule has 3 nitrogen and oxygen atoms in total. The highest BCUT2D eigenvalue weighted by Gasteiger charge is 2.22. The molecule has 0 saturated carbocycles. The maximum atomic E-state index is 12.2. The summed E-state index contributed by atoms with van der Waals surface area (Å²) in [6.07, 6.45) is 0.343. The number of amides is 1. The highest BCUT2D eigenvalue weighted by molar-refractivity contribution is 5.77. The van der Waals surface area contributed by atoms with Gasteiger partial charge in [0.1, 0.15) is 5.75 Å². The first-order valence-electron chi connectivity index (χ1n) is 7.04. The first-order valence-corrected chi connectivity index (χ1v) is 7.04. The third-order valence-electron chi connectivity index (χ3n) is 3.75. The number of hydrogen-bond donors (Lipinski definition) is 1. The molecule has 0 fully saturated rings. The second kappa shape index (κ2) is 6.44. The van der Waals surface area contributed by atoms with Crippen LogP contribution in [0.4, 0.5) is 0 Å². The van der Waals surface area contributed by atoms with Crippen LogP contribution in [0.25, 0.3) is 0 Å². The third kappa shape index (κ3) is 3.43. The molecule has 0 heterocycles. The number of phenolic OH excluding ortho intramolecular Hbond substituents is 1. The van der Waals surface area contributed by atoms with E-state index < -0.39 is 0 Å². The number of rotatable bonds is 4. The normalized spacial score (nSPS) is 12.0. The topological polar surface area (TPSA) is 40.5 Å². The third-order valence-corrected chi connectivity index (χ3v) is 3.75. The molecule has 0 aliphatic rings. The molecule has 110 valence electrons. The van der Waals surface area contributed by atoms with E-state index in [0.717, 1.165) is 16.7 Å². The molecule has 2 aromatic carbocycles. The average Bonchev–Trinajstić information content (AvgIpc) is 2.46. The molecule has 3 heteroatoms. The lowest BCUT2D eigenvalue weighted by atomic mass is 9.85.